The zero-order chi connectivity index (χ0) is 5.98. The molecule has 0 saturated carbocycles. The summed E-state index contributed by atoms with van der Waals surface area (Å²) in [7, 11) is 0. The van der Waals surface area contributed by atoms with Crippen molar-refractivity contribution < 1.29 is 5.11 Å². The first-order chi connectivity index (χ1) is 3.80. The summed E-state index contributed by atoms with van der Waals surface area (Å²) in [5, 5.41) is 20.0. The monoisotopic (exact) mass is 113 g/mol. The van der Waals surface area contributed by atoms with E-state index in [1.165, 1.54) is 0 Å². The van der Waals surface area contributed by atoms with Crippen molar-refractivity contribution in [3.05, 3.63) is 0 Å². The quantitative estimate of drug-likeness (QED) is 0.336. The van der Waals surface area contributed by atoms with Crippen LogP contribution in [0.15, 0.2) is 0 Å². The van der Waals surface area contributed by atoms with Crippen LogP contribution < -0.4 is 10.4 Å². The smallest absolute Gasteiger partial charge is 0.00235 e. The van der Waals surface area contributed by atoms with Crippen molar-refractivity contribution in [1.82, 2.24) is 5.32 Å². The number of hydrogen-bond donors (Lipinski definition) is 2. The molecule has 3 heteroatoms. The number of rotatable bonds is 1. The molecule has 1 rings (SSSR count). The van der Waals surface area contributed by atoms with E-state index in [0.29, 0.717) is 6.54 Å². The Balaban J connectivity index is 2.35. The summed E-state index contributed by atoms with van der Waals surface area (Å²) in [6.07, 6.45) is 0.850. The molecule has 1 heterocycles. The third-order valence-corrected chi connectivity index (χ3v) is 1.43. The minimum atomic E-state index is -0.421. The van der Waals surface area contributed by atoms with Crippen LogP contribution in [0.3, 0.4) is 0 Å². The van der Waals surface area contributed by atoms with Crippen LogP contribution in [0.2, 0.25) is 0 Å². The van der Waals surface area contributed by atoms with Gasteiger partial charge in [0.15, 0.2) is 0 Å². The van der Waals surface area contributed by atoms with Gasteiger partial charge in [-0.1, -0.05) is 0 Å². The highest BCUT2D eigenvalue weighted by molar-refractivity contribution is 5.71. The standard InChI is InChI=1S/C5H10N2O/c6-5(8)4-1-2-7-3-4/h4,7H,1-3H2,(H2,6,8)/p-1/t4-/m0/s1. The lowest BCUT2D eigenvalue weighted by Crippen LogP contribution is -2.27. The van der Waals surface area contributed by atoms with E-state index in [2.05, 4.69) is 5.32 Å². The summed E-state index contributed by atoms with van der Waals surface area (Å²) in [6, 6.07) is 0. The summed E-state index contributed by atoms with van der Waals surface area (Å²) in [5.74, 6) is -0.440. The van der Waals surface area contributed by atoms with Crippen LogP contribution in [-0.2, 0) is 0 Å². The maximum Gasteiger partial charge on any atom is 0.00235 e. The van der Waals surface area contributed by atoms with Gasteiger partial charge in [-0.15, -0.1) is 0 Å². The fraction of sp³-hybridized carbons (Fsp3) is 0.800. The van der Waals surface area contributed by atoms with Gasteiger partial charge in [0.1, 0.15) is 0 Å². The molecule has 0 aromatic carbocycles. The molecule has 0 aromatic rings. The van der Waals surface area contributed by atoms with Crippen molar-refractivity contribution >= 4 is 5.90 Å². The second kappa shape index (κ2) is 2.13. The van der Waals surface area contributed by atoms with Crippen molar-refractivity contribution in [2.45, 2.75) is 6.42 Å². The number of hydrogen-bond acceptors (Lipinski definition) is 3. The van der Waals surface area contributed by atoms with Crippen LogP contribution in [0.4, 0.5) is 0 Å². The molecule has 3 nitrogen and oxygen atoms in total. The molecule has 0 aliphatic carbocycles. The largest absolute Gasteiger partial charge is 0.862 e. The number of nitrogens with one attached hydrogen (secondary N) is 2. The molecule has 1 aliphatic rings. The Hall–Kier alpha value is -0.570. The van der Waals surface area contributed by atoms with Gasteiger partial charge >= 0.3 is 0 Å². The molecule has 8 heavy (non-hydrogen) atoms. The predicted octanol–water partition coefficient (Wildman–Crippen LogP) is -1.07. The first kappa shape index (κ1) is 5.56. The zero-order valence-electron chi connectivity index (χ0n) is 4.61. The highest BCUT2D eigenvalue weighted by atomic mass is 16.3. The van der Waals surface area contributed by atoms with E-state index in [0.717, 1.165) is 13.0 Å². The van der Waals surface area contributed by atoms with E-state index in [1.54, 1.807) is 0 Å². The highest BCUT2D eigenvalue weighted by Crippen LogP contribution is 2.04. The van der Waals surface area contributed by atoms with Gasteiger partial charge in [-0.25, -0.2) is 0 Å². The normalized spacial score (nSPS) is 28.2. The Labute approximate surface area is 48.2 Å². The van der Waals surface area contributed by atoms with Gasteiger partial charge in [-0.2, -0.15) is 0 Å². The molecule has 1 fully saturated rings. The Morgan fingerprint density at radius 1 is 1.75 bits per heavy atom. The first-order valence-corrected chi connectivity index (χ1v) is 2.77. The van der Waals surface area contributed by atoms with Crippen LogP contribution in [-0.4, -0.2) is 19.0 Å². The maximum atomic E-state index is 10.3. The van der Waals surface area contributed by atoms with E-state index in [1.807, 2.05) is 0 Å². The Bertz CT molecular complexity index is 96.6. The summed E-state index contributed by atoms with van der Waals surface area (Å²) in [6.45, 7) is 1.61. The minimum Gasteiger partial charge on any atom is -0.862 e. The van der Waals surface area contributed by atoms with E-state index in [-0.39, 0.29) is 5.92 Å². The van der Waals surface area contributed by atoms with Gasteiger partial charge in [-0.05, 0) is 18.9 Å². The van der Waals surface area contributed by atoms with E-state index in [4.69, 9.17) is 5.41 Å². The summed E-state index contributed by atoms with van der Waals surface area (Å²) < 4.78 is 0. The van der Waals surface area contributed by atoms with Gasteiger partial charge in [0.05, 0.1) is 0 Å². The van der Waals surface area contributed by atoms with E-state index >= 15 is 0 Å². The van der Waals surface area contributed by atoms with Crippen LogP contribution in [0.25, 0.3) is 0 Å². The van der Waals surface area contributed by atoms with Crippen molar-refractivity contribution in [2.24, 2.45) is 5.92 Å². The van der Waals surface area contributed by atoms with Crippen LogP contribution in [0, 0.1) is 11.3 Å². The zero-order valence-corrected chi connectivity index (χ0v) is 4.61. The molecule has 0 amide bonds. The molecule has 1 aliphatic heterocycles. The van der Waals surface area contributed by atoms with Gasteiger partial charge in [-0.3, -0.25) is 0 Å². The molecule has 0 unspecified atom stereocenters. The molecule has 0 spiro atoms. The lowest BCUT2D eigenvalue weighted by Gasteiger charge is -2.12. The van der Waals surface area contributed by atoms with Gasteiger partial charge in [0.2, 0.25) is 0 Å². The second-order valence-electron chi connectivity index (χ2n) is 2.05. The van der Waals surface area contributed by atoms with Crippen LogP contribution in [0.5, 0.6) is 0 Å². The lowest BCUT2D eigenvalue weighted by atomic mass is 10.1. The summed E-state index contributed by atoms with van der Waals surface area (Å²) >= 11 is 0. The fourth-order valence-corrected chi connectivity index (χ4v) is 0.878. The molecule has 0 aromatic heterocycles. The first-order valence-electron chi connectivity index (χ1n) is 2.77. The predicted molar refractivity (Wildman–Crippen MR) is 28.7 cm³/mol. The highest BCUT2D eigenvalue weighted by Gasteiger charge is 2.12. The molecular formula is C5H9N2O-. The van der Waals surface area contributed by atoms with Crippen LogP contribution >= 0.6 is 0 Å². The molecule has 1 atom stereocenters. The van der Waals surface area contributed by atoms with Crippen molar-refractivity contribution in [2.75, 3.05) is 13.1 Å². The van der Waals surface area contributed by atoms with Crippen molar-refractivity contribution in [3.63, 3.8) is 0 Å². The summed E-state index contributed by atoms with van der Waals surface area (Å²) in [4.78, 5) is 0. The van der Waals surface area contributed by atoms with Gasteiger partial charge in [0.25, 0.3) is 0 Å². The second-order valence-corrected chi connectivity index (χ2v) is 2.05. The SMILES string of the molecule is N=C([O-])[C@H]1CCNC1. The topological polar surface area (TPSA) is 58.9 Å². The molecule has 2 N–H and O–H groups in total. The van der Waals surface area contributed by atoms with Crippen molar-refractivity contribution in [3.8, 4) is 0 Å². The van der Waals surface area contributed by atoms with Crippen LogP contribution in [0.1, 0.15) is 6.42 Å². The van der Waals surface area contributed by atoms with Gasteiger partial charge in [0, 0.05) is 12.5 Å². The maximum absolute atomic E-state index is 10.3. The molecule has 1 saturated heterocycles. The fourth-order valence-electron chi connectivity index (χ4n) is 0.878. The average Bonchev–Trinajstić information content (AvgIpc) is 2.12. The molecule has 46 valence electrons. The van der Waals surface area contributed by atoms with Crippen molar-refractivity contribution in [1.29, 1.82) is 5.41 Å². The Kier molecular flexibility index (Phi) is 1.48. The van der Waals surface area contributed by atoms with Gasteiger partial charge < -0.3 is 15.8 Å². The summed E-state index contributed by atoms with van der Waals surface area (Å²) in [5.41, 5.74) is 0. The minimum absolute atomic E-state index is 0.0185. The Morgan fingerprint density at radius 3 is 2.75 bits per heavy atom. The van der Waals surface area contributed by atoms with E-state index < -0.39 is 5.90 Å². The molecule has 0 radical (unpaired) electrons. The molecular weight excluding hydrogens is 104 g/mol. The third kappa shape index (κ3) is 0.980. The third-order valence-electron chi connectivity index (χ3n) is 1.43. The van der Waals surface area contributed by atoms with E-state index in [9.17, 15) is 5.11 Å². The Morgan fingerprint density at radius 2 is 2.50 bits per heavy atom. The average molecular weight is 113 g/mol. The lowest BCUT2D eigenvalue weighted by molar-refractivity contribution is -0.225. The molecule has 0 bridgehead atoms.